The number of hydrogen-bond donors (Lipinski definition) is 0. The summed E-state index contributed by atoms with van der Waals surface area (Å²) in [6.07, 6.45) is 0. The molecule has 2 aliphatic heterocycles. The molecule has 2 fully saturated rings. The molecule has 2 amide bonds. The monoisotopic (exact) mass is 482 g/mol. The van der Waals surface area contributed by atoms with Crippen LogP contribution in [0.5, 0.6) is 0 Å². The molecular formula is C22H34N4O6S. The highest BCUT2D eigenvalue weighted by Gasteiger charge is 2.30. The second-order valence-electron chi connectivity index (χ2n) is 8.02. The largest absolute Gasteiger partial charge is 0.379 e. The van der Waals surface area contributed by atoms with Gasteiger partial charge >= 0.3 is 0 Å². The summed E-state index contributed by atoms with van der Waals surface area (Å²) in [4.78, 5) is 31.1. The van der Waals surface area contributed by atoms with Gasteiger partial charge in [0.15, 0.2) is 0 Å². The number of hydrogen-bond acceptors (Lipinski definition) is 7. The van der Waals surface area contributed by atoms with Gasteiger partial charge in [0.2, 0.25) is 15.9 Å². The van der Waals surface area contributed by atoms with E-state index in [4.69, 9.17) is 9.47 Å². The molecule has 2 aliphatic rings. The van der Waals surface area contributed by atoms with Gasteiger partial charge in [-0.15, -0.1) is 0 Å². The van der Waals surface area contributed by atoms with Gasteiger partial charge in [-0.3, -0.25) is 9.59 Å². The fourth-order valence-corrected chi connectivity index (χ4v) is 5.45. The topological polar surface area (TPSA) is 99.7 Å². The second-order valence-corrected chi connectivity index (χ2v) is 9.96. The van der Waals surface area contributed by atoms with Crippen LogP contribution in [0.15, 0.2) is 23.1 Å². The summed E-state index contributed by atoms with van der Waals surface area (Å²) in [5.41, 5.74) is 0.910. The van der Waals surface area contributed by atoms with Gasteiger partial charge in [-0.2, -0.15) is 4.31 Å². The van der Waals surface area contributed by atoms with Gasteiger partial charge in [0.25, 0.3) is 5.91 Å². The number of amides is 2. The minimum atomic E-state index is -3.77. The van der Waals surface area contributed by atoms with E-state index in [2.05, 4.69) is 0 Å². The third-order valence-corrected chi connectivity index (χ3v) is 7.89. The van der Waals surface area contributed by atoms with E-state index in [1.54, 1.807) is 24.1 Å². The normalized spacial score (nSPS) is 17.6. The van der Waals surface area contributed by atoms with Crippen LogP contribution < -0.4 is 4.90 Å². The highest BCUT2D eigenvalue weighted by Crippen LogP contribution is 2.28. The zero-order valence-electron chi connectivity index (χ0n) is 19.7. The van der Waals surface area contributed by atoms with Crippen LogP contribution in [0.4, 0.5) is 5.69 Å². The molecule has 1 aromatic carbocycles. The second kappa shape index (κ2) is 11.3. The Bertz CT molecular complexity index is 938. The molecule has 0 bridgehead atoms. The molecule has 2 saturated heterocycles. The van der Waals surface area contributed by atoms with Crippen molar-refractivity contribution in [2.75, 3.05) is 84.2 Å². The van der Waals surface area contributed by atoms with Crippen LogP contribution in [0.3, 0.4) is 0 Å². The molecule has 3 rings (SSSR count). The average molecular weight is 483 g/mol. The quantitative estimate of drug-likeness (QED) is 0.532. The number of anilines is 1. The molecule has 0 saturated carbocycles. The maximum absolute atomic E-state index is 13.5. The lowest BCUT2D eigenvalue weighted by Crippen LogP contribution is -2.42. The van der Waals surface area contributed by atoms with Crippen LogP contribution in [0.1, 0.15) is 24.2 Å². The van der Waals surface area contributed by atoms with Crippen molar-refractivity contribution in [1.29, 1.82) is 0 Å². The van der Waals surface area contributed by atoms with Crippen molar-refractivity contribution >= 4 is 27.5 Å². The first kappa shape index (κ1) is 25.4. The number of morpholine rings is 2. The SMILES string of the molecule is CCN(CC)C(=O)CN(C)C(=O)c1cc(S(=O)(=O)N2CCOCC2)ccc1N1CCOCC1. The van der Waals surface area contributed by atoms with Gasteiger partial charge in [-0.25, -0.2) is 8.42 Å². The number of benzene rings is 1. The molecule has 0 radical (unpaired) electrons. The molecule has 33 heavy (non-hydrogen) atoms. The first-order valence-electron chi connectivity index (χ1n) is 11.4. The van der Waals surface area contributed by atoms with E-state index in [1.165, 1.54) is 15.3 Å². The summed E-state index contributed by atoms with van der Waals surface area (Å²) in [5.74, 6) is -0.545. The Labute approximate surface area is 196 Å². The molecule has 0 aliphatic carbocycles. The number of carbonyl (C=O) groups excluding carboxylic acids is 2. The minimum Gasteiger partial charge on any atom is -0.379 e. The van der Waals surface area contributed by atoms with Crippen LogP contribution >= 0.6 is 0 Å². The fraction of sp³-hybridized carbons (Fsp3) is 0.636. The Morgan fingerprint density at radius 2 is 1.55 bits per heavy atom. The number of sulfonamides is 1. The average Bonchev–Trinajstić information content (AvgIpc) is 2.85. The Morgan fingerprint density at radius 1 is 0.970 bits per heavy atom. The van der Waals surface area contributed by atoms with Gasteiger partial charge in [0, 0.05) is 52.0 Å². The van der Waals surface area contributed by atoms with Crippen molar-refractivity contribution < 1.29 is 27.5 Å². The molecule has 0 unspecified atom stereocenters. The Hall–Kier alpha value is -2.21. The van der Waals surface area contributed by atoms with Crippen molar-refractivity contribution in [3.05, 3.63) is 23.8 Å². The number of likely N-dealkylation sites (N-methyl/N-ethyl adjacent to an activating group) is 2. The molecule has 0 atom stereocenters. The van der Waals surface area contributed by atoms with Gasteiger partial charge in [-0.05, 0) is 32.0 Å². The fourth-order valence-electron chi connectivity index (χ4n) is 4.02. The van der Waals surface area contributed by atoms with E-state index in [1.807, 2.05) is 18.7 Å². The predicted molar refractivity (Wildman–Crippen MR) is 124 cm³/mol. The number of ether oxygens (including phenoxy) is 2. The van der Waals surface area contributed by atoms with E-state index in [0.717, 1.165) is 0 Å². The zero-order valence-corrected chi connectivity index (χ0v) is 20.5. The van der Waals surface area contributed by atoms with Crippen LogP contribution in [0, 0.1) is 0 Å². The smallest absolute Gasteiger partial charge is 0.256 e. The van der Waals surface area contributed by atoms with E-state index < -0.39 is 15.9 Å². The van der Waals surface area contributed by atoms with Crippen molar-refractivity contribution in [2.45, 2.75) is 18.7 Å². The maximum atomic E-state index is 13.5. The third kappa shape index (κ3) is 5.84. The molecular weight excluding hydrogens is 448 g/mol. The van der Waals surface area contributed by atoms with Crippen LogP contribution in [-0.4, -0.2) is 114 Å². The lowest BCUT2D eigenvalue weighted by atomic mass is 10.1. The van der Waals surface area contributed by atoms with Crippen molar-refractivity contribution in [3.8, 4) is 0 Å². The van der Waals surface area contributed by atoms with Crippen molar-refractivity contribution in [3.63, 3.8) is 0 Å². The van der Waals surface area contributed by atoms with Gasteiger partial charge < -0.3 is 24.2 Å². The molecule has 11 heteroatoms. The van der Waals surface area contributed by atoms with Gasteiger partial charge in [0.05, 0.1) is 43.4 Å². The van der Waals surface area contributed by atoms with E-state index in [9.17, 15) is 18.0 Å². The maximum Gasteiger partial charge on any atom is 0.256 e. The molecule has 0 N–H and O–H groups in total. The minimum absolute atomic E-state index is 0.0632. The predicted octanol–water partition coefficient (Wildman–Crippen LogP) is 0.485. The molecule has 0 spiro atoms. The lowest BCUT2D eigenvalue weighted by molar-refractivity contribution is -0.131. The van der Waals surface area contributed by atoms with Crippen molar-refractivity contribution in [2.24, 2.45) is 0 Å². The number of rotatable bonds is 8. The summed E-state index contributed by atoms with van der Waals surface area (Å²) >= 11 is 0. The molecule has 10 nitrogen and oxygen atoms in total. The summed E-state index contributed by atoms with van der Waals surface area (Å²) in [6, 6.07) is 4.68. The van der Waals surface area contributed by atoms with E-state index >= 15 is 0 Å². The third-order valence-electron chi connectivity index (χ3n) is 5.99. The standard InChI is InChI=1S/C22H34N4O6S/c1-4-24(5-2)21(27)17-23(3)22(28)19-16-18(33(29,30)26-10-14-32-15-11-26)6-7-20(19)25-8-12-31-13-9-25/h6-7,16H,4-5,8-15,17H2,1-3H3. The van der Waals surface area contributed by atoms with Crippen LogP contribution in [-0.2, 0) is 24.3 Å². The zero-order chi connectivity index (χ0) is 24.0. The number of carbonyl (C=O) groups is 2. The molecule has 2 heterocycles. The highest BCUT2D eigenvalue weighted by molar-refractivity contribution is 7.89. The van der Waals surface area contributed by atoms with Crippen molar-refractivity contribution in [1.82, 2.24) is 14.1 Å². The Balaban J connectivity index is 1.94. The Kier molecular flexibility index (Phi) is 8.69. The summed E-state index contributed by atoms with van der Waals surface area (Å²) in [6.45, 7) is 8.28. The first-order valence-corrected chi connectivity index (χ1v) is 12.8. The summed E-state index contributed by atoms with van der Waals surface area (Å²) in [7, 11) is -2.21. The number of nitrogens with zero attached hydrogens (tertiary/aromatic N) is 4. The molecule has 0 aromatic heterocycles. The van der Waals surface area contributed by atoms with E-state index in [0.29, 0.717) is 58.3 Å². The summed E-state index contributed by atoms with van der Waals surface area (Å²) in [5, 5.41) is 0. The summed E-state index contributed by atoms with van der Waals surface area (Å²) < 4.78 is 38.5. The lowest BCUT2D eigenvalue weighted by Gasteiger charge is -2.32. The van der Waals surface area contributed by atoms with Gasteiger partial charge in [0.1, 0.15) is 0 Å². The van der Waals surface area contributed by atoms with E-state index in [-0.39, 0.29) is 36.0 Å². The van der Waals surface area contributed by atoms with Crippen LogP contribution in [0.2, 0.25) is 0 Å². The molecule has 1 aromatic rings. The van der Waals surface area contributed by atoms with Crippen LogP contribution in [0.25, 0.3) is 0 Å². The Morgan fingerprint density at radius 3 is 2.12 bits per heavy atom. The first-order chi connectivity index (χ1) is 15.8. The highest BCUT2D eigenvalue weighted by atomic mass is 32.2. The van der Waals surface area contributed by atoms with Gasteiger partial charge in [-0.1, -0.05) is 0 Å². The molecule has 184 valence electrons.